The first-order valence-electron chi connectivity index (χ1n) is 22.8. The monoisotopic (exact) mass is 1170 g/mol. The Kier molecular flexibility index (Phi) is 16.1. The zero-order valence-electron chi connectivity index (χ0n) is 41.0. The van der Waals surface area contributed by atoms with Gasteiger partial charge in [0, 0.05) is 33.5 Å². The Morgan fingerprint density at radius 3 is 2.08 bits per heavy atom. The predicted octanol–water partition coefficient (Wildman–Crippen LogP) is -4.12. The zero-order chi connectivity index (χ0) is 56.3. The summed E-state index contributed by atoms with van der Waals surface area (Å²) in [5.74, 6) is -2.26. The minimum Gasteiger partial charge on any atom is -0.387 e. The number of phosphoric acid groups is 3. The molecule has 9 heterocycles. The largest absolute Gasteiger partial charge is 0.490 e. The number of carbonyl (C=O) groups excluding carboxylic acids is 1. The van der Waals surface area contributed by atoms with Crippen molar-refractivity contribution >= 4 is 80.6 Å². The number of aliphatic hydroxyl groups is 3. The number of aliphatic hydroxyl groups excluding tert-OH is 3. The van der Waals surface area contributed by atoms with E-state index in [0.717, 1.165) is 12.7 Å². The van der Waals surface area contributed by atoms with Crippen molar-refractivity contribution in [2.75, 3.05) is 65.0 Å². The third-order valence-corrected chi connectivity index (χ3v) is 16.9. The molecule has 41 heteroatoms. The van der Waals surface area contributed by atoms with E-state index in [0.29, 0.717) is 0 Å². The van der Waals surface area contributed by atoms with E-state index in [4.69, 9.17) is 54.7 Å². The van der Waals surface area contributed by atoms with Crippen molar-refractivity contribution in [3.8, 4) is 0 Å². The standard InChI is InChI=1S/C37H51N16O22P3/c1-49(2)18(54)5-14-15(71-33(22(14)55)53-12-50(3)21-30(53)46-37(40)48-32(21)59)7-69-76(60,61)74-78(64,65)75-77(62,63)70-8-17-25(26(66-4)35(73-17)51-10-43-19-27(38)41-9-42-28(19)51)68-13-67-6-16-23(56)24(57)34(72-16)52-11-44-20-29(52)45-36(39)47-31(20)58/h9-12,14-17,22-26,33-35,55-57H,5-8,13H2,1-4H3,(H10-,38,39,40,41,42,45,46,47,48,58,59,60,61,62,63,64,65)/p+1/t14-,15-,16-,17-,22-,23-,24-,25-,26-,33?,34-,35-/m1/s1. The van der Waals surface area contributed by atoms with Crippen molar-refractivity contribution < 1.29 is 99.1 Å². The number of hydrogen-bond acceptors (Lipinski definition) is 28. The van der Waals surface area contributed by atoms with E-state index < -0.39 is 147 Å². The molecule has 4 unspecified atom stereocenters. The minimum atomic E-state index is -6.13. The molecule has 9 rings (SSSR count). The average Bonchev–Trinajstić information content (AvgIpc) is 4.38. The lowest BCUT2D eigenvalue weighted by Crippen LogP contribution is -2.45. The number of H-pyrrole nitrogens is 2. The van der Waals surface area contributed by atoms with Crippen LogP contribution in [0.5, 0.6) is 0 Å². The maximum absolute atomic E-state index is 13.3. The van der Waals surface area contributed by atoms with Crippen LogP contribution in [0.1, 0.15) is 25.1 Å². The fraction of sp³-hybridized carbons (Fsp3) is 0.568. The number of rotatable bonds is 21. The summed E-state index contributed by atoms with van der Waals surface area (Å²) in [7, 11) is -12.2. The van der Waals surface area contributed by atoms with Crippen LogP contribution in [-0.4, -0.2) is 191 Å². The van der Waals surface area contributed by atoms with Crippen LogP contribution < -0.4 is 32.9 Å². The first-order valence-corrected chi connectivity index (χ1v) is 27.3. The van der Waals surface area contributed by atoms with Crippen LogP contribution in [0.4, 0.5) is 17.7 Å². The fourth-order valence-corrected chi connectivity index (χ4v) is 12.5. The number of aryl methyl sites for hydroxylation is 1. The van der Waals surface area contributed by atoms with E-state index in [1.165, 1.54) is 64.1 Å². The van der Waals surface area contributed by atoms with Gasteiger partial charge in [0.25, 0.3) is 17.1 Å². The number of aromatic nitrogens is 12. The molecule has 0 spiro atoms. The number of fused-ring (bicyclic) bond motifs is 3. The number of aromatic amines is 2. The van der Waals surface area contributed by atoms with Crippen LogP contribution in [0, 0.1) is 5.92 Å². The topological polar surface area (TPSA) is 525 Å². The number of carbonyl (C=O) groups is 1. The summed E-state index contributed by atoms with van der Waals surface area (Å²) in [5, 5.41) is 33.3. The summed E-state index contributed by atoms with van der Waals surface area (Å²) in [6.07, 6.45) is -10.9. The quantitative estimate of drug-likeness (QED) is 0.0141. The summed E-state index contributed by atoms with van der Waals surface area (Å²) < 4.78 is 98.8. The summed E-state index contributed by atoms with van der Waals surface area (Å²) >= 11 is 0. The normalized spacial score (nSPS) is 28.8. The highest BCUT2D eigenvalue weighted by Gasteiger charge is 2.52. The third kappa shape index (κ3) is 11.5. The van der Waals surface area contributed by atoms with Gasteiger partial charge in [0.2, 0.25) is 23.6 Å². The maximum Gasteiger partial charge on any atom is 0.490 e. The number of nitrogen functional groups attached to an aromatic ring is 3. The van der Waals surface area contributed by atoms with Gasteiger partial charge in [0.1, 0.15) is 61.4 Å². The molecule has 14 N–H and O–H groups in total. The average molecular weight is 1170 g/mol. The molecule has 3 aliphatic heterocycles. The lowest BCUT2D eigenvalue weighted by Gasteiger charge is -2.24. The second kappa shape index (κ2) is 22.0. The van der Waals surface area contributed by atoms with Gasteiger partial charge in [0.05, 0.1) is 45.6 Å². The molecule has 1 amide bonds. The molecule has 6 aromatic heterocycles. The van der Waals surface area contributed by atoms with E-state index in [9.17, 15) is 58.1 Å². The van der Waals surface area contributed by atoms with Gasteiger partial charge in [0.15, 0.2) is 41.4 Å². The van der Waals surface area contributed by atoms with E-state index in [1.807, 2.05) is 0 Å². The Morgan fingerprint density at radius 1 is 0.769 bits per heavy atom. The molecule has 3 fully saturated rings. The number of nitrogens with zero attached hydrogens (tertiary/aromatic N) is 11. The molecule has 0 aromatic carbocycles. The van der Waals surface area contributed by atoms with Crippen molar-refractivity contribution in [1.82, 2.24) is 58.5 Å². The highest BCUT2D eigenvalue weighted by Crippen LogP contribution is 2.68. The maximum atomic E-state index is 13.3. The molecule has 78 heavy (non-hydrogen) atoms. The van der Waals surface area contributed by atoms with Crippen LogP contribution in [0.25, 0.3) is 33.5 Å². The molecule has 0 saturated carbocycles. The number of nitrogens with one attached hydrogen (secondary N) is 2. The molecule has 0 radical (unpaired) electrons. The summed E-state index contributed by atoms with van der Waals surface area (Å²) in [5.41, 5.74) is 16.2. The van der Waals surface area contributed by atoms with Gasteiger partial charge in [-0.3, -0.25) is 47.1 Å². The molecule has 3 aliphatic rings. The van der Waals surface area contributed by atoms with Crippen LogP contribution in [0.3, 0.4) is 0 Å². The molecule has 6 aromatic rings. The summed E-state index contributed by atoms with van der Waals surface area (Å²) in [4.78, 5) is 100. The van der Waals surface area contributed by atoms with Crippen LogP contribution in [0.2, 0.25) is 0 Å². The molecule has 426 valence electrons. The van der Waals surface area contributed by atoms with Crippen molar-refractivity contribution in [1.29, 1.82) is 0 Å². The number of hydrogen-bond donors (Lipinski definition) is 11. The first-order chi connectivity index (χ1) is 36.8. The van der Waals surface area contributed by atoms with Crippen molar-refractivity contribution in [3.63, 3.8) is 0 Å². The SMILES string of the molecule is CO[C@@H]1[C@H](OCOC[C@H]2O[C@@H](n3cnc4c(=O)[nH]c(N)nc43)[C@H](O)[C@@H]2O)[C@@H](COP(=O)(O)OP(=O)(O)OP(=O)(O)OC[C@H]2OC([n+]3cn(C)c4c(=O)[nH]c(N)nc43)[C@H](O)[C@@H]2CC(=O)N(C)C)O[C@H]1n1cnc2c(N)ncnc21. The highest BCUT2D eigenvalue weighted by molar-refractivity contribution is 7.66. The number of amides is 1. The van der Waals surface area contributed by atoms with Crippen LogP contribution in [-0.2, 0) is 71.6 Å². The number of ether oxygens (including phenoxy) is 6. The van der Waals surface area contributed by atoms with Gasteiger partial charge in [-0.25, -0.2) is 38.2 Å². The van der Waals surface area contributed by atoms with Crippen molar-refractivity contribution in [2.45, 2.75) is 73.9 Å². The van der Waals surface area contributed by atoms with E-state index >= 15 is 0 Å². The second-order valence-electron chi connectivity index (χ2n) is 17.9. The molecule has 0 aliphatic carbocycles. The predicted molar refractivity (Wildman–Crippen MR) is 255 cm³/mol. The van der Waals surface area contributed by atoms with E-state index in [-0.39, 0.29) is 51.2 Å². The fourth-order valence-electron chi connectivity index (χ4n) is 9.03. The molecular formula is C37H52N16O22P3+. The van der Waals surface area contributed by atoms with Crippen molar-refractivity contribution in [3.05, 3.63) is 46.0 Å². The van der Waals surface area contributed by atoms with E-state index in [1.54, 1.807) is 0 Å². The molecule has 0 bridgehead atoms. The zero-order valence-corrected chi connectivity index (χ0v) is 43.7. The lowest BCUT2D eigenvalue weighted by atomic mass is 9.94. The third-order valence-electron chi connectivity index (χ3n) is 12.6. The number of imidazole rings is 3. The van der Waals surface area contributed by atoms with Gasteiger partial charge in [-0.1, -0.05) is 4.98 Å². The van der Waals surface area contributed by atoms with Crippen LogP contribution >= 0.6 is 23.5 Å². The van der Waals surface area contributed by atoms with Gasteiger partial charge in [-0.05, 0) is 0 Å². The number of anilines is 3. The van der Waals surface area contributed by atoms with Gasteiger partial charge in [-0.2, -0.15) is 13.6 Å². The molecular weight excluding hydrogens is 1110 g/mol. The highest BCUT2D eigenvalue weighted by atomic mass is 31.3. The van der Waals surface area contributed by atoms with Crippen LogP contribution in [0.15, 0.2) is 34.9 Å². The Morgan fingerprint density at radius 2 is 1.40 bits per heavy atom. The number of nitrogens with two attached hydrogens (primary N) is 3. The van der Waals surface area contributed by atoms with E-state index in [2.05, 4.69) is 48.5 Å². The molecule has 15 atom stereocenters. The van der Waals surface area contributed by atoms with Gasteiger partial charge >= 0.3 is 29.1 Å². The second-order valence-corrected chi connectivity index (χ2v) is 22.6. The Balaban J connectivity index is 0.854. The summed E-state index contributed by atoms with van der Waals surface area (Å²) in [6, 6.07) is 0. The van der Waals surface area contributed by atoms with Gasteiger partial charge < -0.3 is 80.5 Å². The summed E-state index contributed by atoms with van der Waals surface area (Å²) in [6.45, 7) is -3.13. The smallest absolute Gasteiger partial charge is 0.387 e. The molecule has 38 nitrogen and oxygen atoms in total. The Bertz CT molecular complexity index is 3490. The minimum absolute atomic E-state index is 0.00241. The molecule has 3 saturated heterocycles. The Labute approximate surface area is 435 Å². The van der Waals surface area contributed by atoms with Crippen molar-refractivity contribution in [2.24, 2.45) is 13.0 Å². The van der Waals surface area contributed by atoms with Gasteiger partial charge in [-0.15, -0.1) is 0 Å². The Hall–Kier alpha value is -5.83. The number of phosphoric ester groups is 2. The first kappa shape index (κ1) is 56.9. The lowest BCUT2D eigenvalue weighted by molar-refractivity contribution is -0.745. The number of methoxy groups -OCH3 is 1.